The van der Waals surface area contributed by atoms with Gasteiger partial charge in [0.15, 0.2) is 0 Å². The van der Waals surface area contributed by atoms with E-state index in [0.29, 0.717) is 44.6 Å². The zero-order chi connectivity index (χ0) is 24.1. The Morgan fingerprint density at radius 1 is 0.912 bits per heavy atom. The fourth-order valence-electron chi connectivity index (χ4n) is 4.47. The molecule has 182 valence electrons. The lowest BCUT2D eigenvalue weighted by Gasteiger charge is -2.32. The molecular weight excluding hydrogens is 452 g/mol. The quantitative estimate of drug-likeness (QED) is 0.677. The second-order valence-electron chi connectivity index (χ2n) is 8.97. The summed E-state index contributed by atoms with van der Waals surface area (Å²) in [5, 5.41) is 5.92. The third-order valence-electron chi connectivity index (χ3n) is 6.55. The molecule has 3 amide bonds. The Balaban J connectivity index is 1.36. The molecule has 2 saturated heterocycles. The van der Waals surface area contributed by atoms with E-state index < -0.39 is 10.0 Å². The zero-order valence-corrected chi connectivity index (χ0v) is 20.3. The van der Waals surface area contributed by atoms with Gasteiger partial charge in [-0.05, 0) is 62.4 Å². The van der Waals surface area contributed by atoms with Crippen LogP contribution < -0.4 is 10.6 Å². The Morgan fingerprint density at radius 2 is 1.59 bits per heavy atom. The van der Waals surface area contributed by atoms with Crippen molar-refractivity contribution < 1.29 is 18.0 Å². The van der Waals surface area contributed by atoms with Gasteiger partial charge in [-0.3, -0.25) is 4.79 Å². The van der Waals surface area contributed by atoms with E-state index in [2.05, 4.69) is 10.6 Å². The first-order chi connectivity index (χ1) is 16.3. The van der Waals surface area contributed by atoms with Crippen molar-refractivity contribution in [3.63, 3.8) is 0 Å². The van der Waals surface area contributed by atoms with Gasteiger partial charge in [0.25, 0.3) is 5.91 Å². The maximum Gasteiger partial charge on any atom is 0.321 e. The second kappa shape index (κ2) is 10.6. The predicted octanol–water partition coefficient (Wildman–Crippen LogP) is 3.60. The van der Waals surface area contributed by atoms with Crippen LogP contribution in [0, 0.1) is 6.92 Å². The maximum atomic E-state index is 13.0. The molecule has 2 aliphatic rings. The van der Waals surface area contributed by atoms with E-state index in [-0.39, 0.29) is 22.9 Å². The van der Waals surface area contributed by atoms with Gasteiger partial charge in [-0.2, -0.15) is 4.31 Å². The number of nitrogens with zero attached hydrogens (tertiary/aromatic N) is 2. The van der Waals surface area contributed by atoms with E-state index in [1.54, 1.807) is 17.0 Å². The first-order valence-corrected chi connectivity index (χ1v) is 13.3. The fourth-order valence-corrected chi connectivity index (χ4v) is 6.02. The third kappa shape index (κ3) is 5.59. The van der Waals surface area contributed by atoms with Gasteiger partial charge >= 0.3 is 6.03 Å². The number of likely N-dealkylation sites (tertiary alicyclic amines) is 1. The van der Waals surface area contributed by atoms with Crippen LogP contribution in [0.3, 0.4) is 0 Å². The Hall–Kier alpha value is -2.91. The van der Waals surface area contributed by atoms with Crippen LogP contribution in [0.5, 0.6) is 0 Å². The van der Waals surface area contributed by atoms with Crippen molar-refractivity contribution in [3.8, 4) is 0 Å². The van der Waals surface area contributed by atoms with Crippen molar-refractivity contribution in [2.75, 3.05) is 31.5 Å². The molecular formula is C25H32N4O4S. The second-order valence-corrected chi connectivity index (χ2v) is 10.9. The smallest absolute Gasteiger partial charge is 0.321 e. The molecule has 2 aromatic rings. The van der Waals surface area contributed by atoms with Crippen molar-refractivity contribution >= 4 is 27.6 Å². The Bertz CT molecular complexity index is 1120. The van der Waals surface area contributed by atoms with Crippen molar-refractivity contribution in [2.45, 2.75) is 50.0 Å². The highest BCUT2D eigenvalue weighted by molar-refractivity contribution is 7.89. The number of aryl methyl sites for hydroxylation is 1. The number of nitrogens with one attached hydrogen (secondary N) is 2. The number of anilines is 1. The summed E-state index contributed by atoms with van der Waals surface area (Å²) < 4.78 is 27.6. The summed E-state index contributed by atoms with van der Waals surface area (Å²) >= 11 is 0. The van der Waals surface area contributed by atoms with Crippen LogP contribution in [-0.2, 0) is 10.0 Å². The van der Waals surface area contributed by atoms with E-state index in [1.165, 1.54) is 10.4 Å². The van der Waals surface area contributed by atoms with Crippen molar-refractivity contribution in [3.05, 3.63) is 59.7 Å². The molecule has 0 aliphatic carbocycles. The summed E-state index contributed by atoms with van der Waals surface area (Å²) in [7, 11) is -3.61. The van der Waals surface area contributed by atoms with Crippen LogP contribution in [0.15, 0.2) is 53.4 Å². The molecule has 0 atom stereocenters. The monoisotopic (exact) mass is 484 g/mol. The van der Waals surface area contributed by atoms with Gasteiger partial charge in [-0.25, -0.2) is 13.2 Å². The van der Waals surface area contributed by atoms with Crippen molar-refractivity contribution in [1.82, 2.24) is 14.5 Å². The number of carbonyl (C=O) groups excluding carboxylic acids is 2. The van der Waals surface area contributed by atoms with Crippen molar-refractivity contribution in [2.24, 2.45) is 0 Å². The fraction of sp³-hybridized carbons (Fsp3) is 0.440. The summed E-state index contributed by atoms with van der Waals surface area (Å²) in [6, 6.07) is 13.9. The van der Waals surface area contributed by atoms with Gasteiger partial charge in [0, 0.05) is 43.5 Å². The minimum absolute atomic E-state index is 0.0740. The van der Waals surface area contributed by atoms with Crippen LogP contribution in [0.4, 0.5) is 10.5 Å². The van der Waals surface area contributed by atoms with E-state index in [9.17, 15) is 18.0 Å². The number of urea groups is 1. The largest absolute Gasteiger partial charge is 0.349 e. The number of amides is 3. The Morgan fingerprint density at radius 3 is 2.26 bits per heavy atom. The molecule has 2 aliphatic heterocycles. The molecule has 0 aromatic heterocycles. The number of benzene rings is 2. The average molecular weight is 485 g/mol. The minimum Gasteiger partial charge on any atom is -0.349 e. The number of rotatable bonds is 5. The summed E-state index contributed by atoms with van der Waals surface area (Å²) in [5.74, 6) is -0.277. The molecule has 0 bridgehead atoms. The van der Waals surface area contributed by atoms with Crippen molar-refractivity contribution in [1.29, 1.82) is 0 Å². The van der Waals surface area contributed by atoms with E-state index >= 15 is 0 Å². The van der Waals surface area contributed by atoms with Gasteiger partial charge in [0.1, 0.15) is 0 Å². The number of hydrogen-bond acceptors (Lipinski definition) is 4. The van der Waals surface area contributed by atoms with Crippen LogP contribution >= 0.6 is 0 Å². The lowest BCUT2D eigenvalue weighted by Crippen LogP contribution is -2.47. The molecule has 34 heavy (non-hydrogen) atoms. The normalized spacial score (nSPS) is 17.9. The van der Waals surface area contributed by atoms with Crippen LogP contribution in [0.2, 0.25) is 0 Å². The third-order valence-corrected chi connectivity index (χ3v) is 8.44. The van der Waals surface area contributed by atoms with E-state index in [0.717, 1.165) is 30.5 Å². The van der Waals surface area contributed by atoms with E-state index in [1.807, 2.05) is 37.3 Å². The lowest BCUT2D eigenvalue weighted by molar-refractivity contribution is 0.0918. The molecule has 0 unspecified atom stereocenters. The predicted molar refractivity (Wildman–Crippen MR) is 131 cm³/mol. The standard InChI is InChI=1S/C25H32N4O4S/c1-19-10-11-22(34(32,33)29-14-6-3-7-15-29)18-23(19)24(30)26-21-12-16-28(17-13-21)25(31)27-20-8-4-2-5-9-20/h2,4-5,8-11,18,21H,3,6-7,12-17H2,1H3,(H,26,30)(H,27,31). The number of para-hydroxylation sites is 1. The summed E-state index contributed by atoms with van der Waals surface area (Å²) in [5.41, 5.74) is 1.86. The highest BCUT2D eigenvalue weighted by atomic mass is 32.2. The van der Waals surface area contributed by atoms with Gasteiger partial charge < -0.3 is 15.5 Å². The molecule has 4 rings (SSSR count). The Labute approximate surface area is 201 Å². The number of carbonyl (C=O) groups is 2. The van der Waals surface area contributed by atoms with Gasteiger partial charge in [-0.15, -0.1) is 0 Å². The van der Waals surface area contributed by atoms with Gasteiger partial charge in [0.2, 0.25) is 10.0 Å². The summed E-state index contributed by atoms with van der Waals surface area (Å²) in [6.07, 6.45) is 4.04. The van der Waals surface area contributed by atoms with Crippen LogP contribution in [0.25, 0.3) is 0 Å². The topological polar surface area (TPSA) is 98.8 Å². The highest BCUT2D eigenvalue weighted by Gasteiger charge is 2.28. The van der Waals surface area contributed by atoms with E-state index in [4.69, 9.17) is 0 Å². The molecule has 9 heteroatoms. The molecule has 0 radical (unpaired) electrons. The van der Waals surface area contributed by atoms with Crippen LogP contribution in [0.1, 0.15) is 48.0 Å². The lowest BCUT2D eigenvalue weighted by atomic mass is 10.0. The summed E-state index contributed by atoms with van der Waals surface area (Å²) in [4.78, 5) is 27.4. The van der Waals surface area contributed by atoms with Gasteiger partial charge in [0.05, 0.1) is 4.90 Å². The maximum absolute atomic E-state index is 13.0. The number of piperidine rings is 2. The minimum atomic E-state index is -3.61. The molecule has 2 heterocycles. The first kappa shape index (κ1) is 24.2. The number of hydrogen-bond donors (Lipinski definition) is 2. The molecule has 2 N–H and O–H groups in total. The molecule has 0 spiro atoms. The van der Waals surface area contributed by atoms with Crippen LogP contribution in [-0.4, -0.2) is 61.8 Å². The number of sulfonamides is 1. The SMILES string of the molecule is Cc1ccc(S(=O)(=O)N2CCCCC2)cc1C(=O)NC1CCN(C(=O)Nc2ccccc2)CC1. The molecule has 0 saturated carbocycles. The molecule has 2 aromatic carbocycles. The first-order valence-electron chi connectivity index (χ1n) is 11.9. The average Bonchev–Trinajstić information content (AvgIpc) is 2.85. The molecule has 2 fully saturated rings. The summed E-state index contributed by atoms with van der Waals surface area (Å²) in [6.45, 7) is 3.92. The Kier molecular flexibility index (Phi) is 7.53. The zero-order valence-electron chi connectivity index (χ0n) is 19.5. The van der Waals surface area contributed by atoms with Gasteiger partial charge in [-0.1, -0.05) is 30.7 Å². The highest BCUT2D eigenvalue weighted by Crippen LogP contribution is 2.23. The molecule has 8 nitrogen and oxygen atoms in total.